The molecule has 1 fully saturated rings. The minimum absolute atomic E-state index is 0.0930. The van der Waals surface area contributed by atoms with Crippen molar-refractivity contribution in [1.29, 1.82) is 0 Å². The topological polar surface area (TPSA) is 59.0 Å². The molecular weight excluding hydrogens is 330 g/mol. The Balaban J connectivity index is 1.64. The Morgan fingerprint density at radius 1 is 1.19 bits per heavy atom. The molecule has 0 aromatic heterocycles. The Morgan fingerprint density at radius 3 is 2.58 bits per heavy atom. The van der Waals surface area contributed by atoms with E-state index in [4.69, 9.17) is 9.47 Å². The number of aromatic hydroxyl groups is 1. The Kier molecular flexibility index (Phi) is 6.04. The van der Waals surface area contributed by atoms with Gasteiger partial charge in [-0.1, -0.05) is 18.2 Å². The van der Waals surface area contributed by atoms with Gasteiger partial charge >= 0.3 is 0 Å². The molecule has 0 bridgehead atoms. The molecule has 136 valence electrons. The van der Waals surface area contributed by atoms with E-state index >= 15 is 0 Å². The third-order valence-electron chi connectivity index (χ3n) is 4.41. The standard InChI is InChI=1S/C21H23NO4/c1-25-19-7-5-17(6-8-19)20(23)9-3-16-2-4-18(21(24)14-16)15-22-10-12-26-13-11-22/h2-9,14,24H,10-13,15H2,1H3/b9-3+. The number of nitrogens with zero attached hydrogens (tertiary/aromatic N) is 1. The van der Waals surface area contributed by atoms with Gasteiger partial charge in [-0.25, -0.2) is 0 Å². The van der Waals surface area contributed by atoms with Crippen molar-refractivity contribution >= 4 is 11.9 Å². The van der Waals surface area contributed by atoms with Crippen molar-refractivity contribution in [3.8, 4) is 11.5 Å². The summed E-state index contributed by atoms with van der Waals surface area (Å²) < 4.78 is 10.4. The monoisotopic (exact) mass is 353 g/mol. The lowest BCUT2D eigenvalue weighted by molar-refractivity contribution is 0.0339. The fourth-order valence-corrected chi connectivity index (χ4v) is 2.84. The molecule has 1 aliphatic heterocycles. The Hall–Kier alpha value is -2.63. The van der Waals surface area contributed by atoms with Gasteiger partial charge in [-0.15, -0.1) is 0 Å². The minimum Gasteiger partial charge on any atom is -0.508 e. The summed E-state index contributed by atoms with van der Waals surface area (Å²) in [6, 6.07) is 12.5. The van der Waals surface area contributed by atoms with Crippen LogP contribution in [0, 0.1) is 0 Å². The van der Waals surface area contributed by atoms with Gasteiger partial charge in [0.2, 0.25) is 0 Å². The number of methoxy groups -OCH3 is 1. The van der Waals surface area contributed by atoms with Crippen LogP contribution in [-0.2, 0) is 11.3 Å². The number of carbonyl (C=O) groups excluding carboxylic acids is 1. The van der Waals surface area contributed by atoms with E-state index in [1.54, 1.807) is 43.5 Å². The van der Waals surface area contributed by atoms with Gasteiger partial charge in [-0.2, -0.15) is 0 Å². The molecule has 1 heterocycles. The summed E-state index contributed by atoms with van der Waals surface area (Å²) in [5.41, 5.74) is 2.26. The third kappa shape index (κ3) is 4.71. The molecule has 0 unspecified atom stereocenters. The molecule has 0 radical (unpaired) electrons. The van der Waals surface area contributed by atoms with E-state index in [0.717, 1.165) is 37.4 Å². The van der Waals surface area contributed by atoms with Gasteiger partial charge in [0.1, 0.15) is 11.5 Å². The lowest BCUT2D eigenvalue weighted by atomic mass is 10.1. The highest BCUT2D eigenvalue weighted by Gasteiger charge is 2.12. The predicted octanol–water partition coefficient (Wildman–Crippen LogP) is 3.13. The molecule has 1 aliphatic rings. The number of ether oxygens (including phenoxy) is 2. The number of benzene rings is 2. The molecule has 26 heavy (non-hydrogen) atoms. The number of morpholine rings is 1. The number of rotatable bonds is 6. The van der Waals surface area contributed by atoms with Gasteiger partial charge in [0.25, 0.3) is 0 Å². The van der Waals surface area contributed by atoms with Crippen molar-refractivity contribution in [2.24, 2.45) is 0 Å². The van der Waals surface area contributed by atoms with Gasteiger partial charge < -0.3 is 14.6 Å². The maximum Gasteiger partial charge on any atom is 0.185 e. The number of hydrogen-bond donors (Lipinski definition) is 1. The van der Waals surface area contributed by atoms with E-state index < -0.39 is 0 Å². The fourth-order valence-electron chi connectivity index (χ4n) is 2.84. The summed E-state index contributed by atoms with van der Waals surface area (Å²) in [6.45, 7) is 3.91. The van der Waals surface area contributed by atoms with Crippen molar-refractivity contribution in [1.82, 2.24) is 4.90 Å². The summed E-state index contributed by atoms with van der Waals surface area (Å²) >= 11 is 0. The Morgan fingerprint density at radius 2 is 1.92 bits per heavy atom. The maximum atomic E-state index is 12.2. The van der Waals surface area contributed by atoms with Crippen molar-refractivity contribution in [3.63, 3.8) is 0 Å². The zero-order valence-electron chi connectivity index (χ0n) is 14.9. The molecule has 0 saturated carbocycles. The average Bonchev–Trinajstić information content (AvgIpc) is 2.69. The highest BCUT2D eigenvalue weighted by atomic mass is 16.5. The summed E-state index contributed by atoms with van der Waals surface area (Å²) in [5, 5.41) is 10.3. The first-order valence-corrected chi connectivity index (χ1v) is 8.64. The van der Waals surface area contributed by atoms with Crippen LogP contribution in [0.5, 0.6) is 11.5 Å². The minimum atomic E-state index is -0.0930. The maximum absolute atomic E-state index is 12.2. The lowest BCUT2D eigenvalue weighted by Gasteiger charge is -2.26. The van der Waals surface area contributed by atoms with Gasteiger partial charge in [0.05, 0.1) is 20.3 Å². The van der Waals surface area contributed by atoms with Crippen LogP contribution in [0.3, 0.4) is 0 Å². The molecule has 3 rings (SSSR count). The zero-order valence-corrected chi connectivity index (χ0v) is 14.9. The van der Waals surface area contributed by atoms with Crippen LogP contribution in [0.15, 0.2) is 48.5 Å². The van der Waals surface area contributed by atoms with Gasteiger partial charge in [0.15, 0.2) is 5.78 Å². The van der Waals surface area contributed by atoms with Crippen LogP contribution in [0.1, 0.15) is 21.5 Å². The third-order valence-corrected chi connectivity index (χ3v) is 4.41. The Labute approximate surface area is 153 Å². The van der Waals surface area contributed by atoms with Crippen LogP contribution in [-0.4, -0.2) is 49.2 Å². The highest BCUT2D eigenvalue weighted by Crippen LogP contribution is 2.22. The molecule has 0 amide bonds. The first-order valence-electron chi connectivity index (χ1n) is 8.64. The molecule has 1 saturated heterocycles. The van der Waals surface area contributed by atoms with Crippen molar-refractivity contribution < 1.29 is 19.4 Å². The van der Waals surface area contributed by atoms with E-state index in [-0.39, 0.29) is 11.5 Å². The van der Waals surface area contributed by atoms with Crippen LogP contribution in [0.2, 0.25) is 0 Å². The molecule has 5 nitrogen and oxygen atoms in total. The fraction of sp³-hybridized carbons (Fsp3) is 0.286. The second-order valence-electron chi connectivity index (χ2n) is 6.20. The van der Waals surface area contributed by atoms with Crippen LogP contribution in [0.4, 0.5) is 0 Å². The first-order chi connectivity index (χ1) is 12.7. The van der Waals surface area contributed by atoms with Crippen molar-refractivity contribution in [2.45, 2.75) is 6.54 Å². The molecule has 5 heteroatoms. The lowest BCUT2D eigenvalue weighted by Crippen LogP contribution is -2.35. The molecule has 0 aliphatic carbocycles. The highest BCUT2D eigenvalue weighted by molar-refractivity contribution is 6.06. The zero-order chi connectivity index (χ0) is 18.4. The van der Waals surface area contributed by atoms with E-state index in [0.29, 0.717) is 17.9 Å². The molecule has 2 aromatic carbocycles. The summed E-state index contributed by atoms with van der Waals surface area (Å²) in [7, 11) is 1.59. The number of ketones is 1. The van der Waals surface area contributed by atoms with Crippen molar-refractivity contribution in [2.75, 3.05) is 33.4 Å². The summed E-state index contributed by atoms with van der Waals surface area (Å²) in [4.78, 5) is 14.5. The number of allylic oxidation sites excluding steroid dienone is 1. The second-order valence-corrected chi connectivity index (χ2v) is 6.20. The molecule has 2 aromatic rings. The van der Waals surface area contributed by atoms with Gasteiger partial charge in [-0.3, -0.25) is 9.69 Å². The number of phenolic OH excluding ortho intramolecular Hbond substituents is 1. The van der Waals surface area contributed by atoms with E-state index in [9.17, 15) is 9.90 Å². The molecular formula is C21H23NO4. The van der Waals surface area contributed by atoms with Gasteiger partial charge in [-0.05, 0) is 42.0 Å². The average molecular weight is 353 g/mol. The van der Waals surface area contributed by atoms with Crippen molar-refractivity contribution in [3.05, 3.63) is 65.2 Å². The van der Waals surface area contributed by atoms with E-state index in [1.807, 2.05) is 12.1 Å². The summed E-state index contributed by atoms with van der Waals surface area (Å²) in [5.74, 6) is 0.867. The smallest absolute Gasteiger partial charge is 0.185 e. The quantitative estimate of drug-likeness (QED) is 0.639. The van der Waals surface area contributed by atoms with Crippen LogP contribution < -0.4 is 4.74 Å². The van der Waals surface area contributed by atoms with Gasteiger partial charge in [0, 0.05) is 30.8 Å². The number of carbonyl (C=O) groups is 1. The van der Waals surface area contributed by atoms with Crippen LogP contribution >= 0.6 is 0 Å². The molecule has 1 N–H and O–H groups in total. The second kappa shape index (κ2) is 8.65. The molecule has 0 spiro atoms. The SMILES string of the molecule is COc1ccc(C(=O)/C=C/c2ccc(CN3CCOCC3)c(O)c2)cc1. The Bertz CT molecular complexity index is 777. The van der Waals surface area contributed by atoms with Crippen LogP contribution in [0.25, 0.3) is 6.08 Å². The normalized spacial score (nSPS) is 15.3. The van der Waals surface area contributed by atoms with E-state index in [1.165, 1.54) is 6.08 Å². The van der Waals surface area contributed by atoms with E-state index in [2.05, 4.69) is 4.90 Å². The molecule has 0 atom stereocenters. The number of hydrogen-bond acceptors (Lipinski definition) is 5. The summed E-state index contributed by atoms with van der Waals surface area (Å²) in [6.07, 6.45) is 3.23. The predicted molar refractivity (Wildman–Crippen MR) is 101 cm³/mol. The first kappa shape index (κ1) is 18.2. The largest absolute Gasteiger partial charge is 0.508 e. The number of phenols is 1.